The molecule has 2 heterocycles. The molecule has 0 spiro atoms. The van der Waals surface area contributed by atoms with E-state index in [4.69, 9.17) is 4.74 Å². The van der Waals surface area contributed by atoms with Gasteiger partial charge in [-0.05, 0) is 115 Å². The fraction of sp³-hybridized carbons (Fsp3) is 0.0175. The number of nitrogens with zero attached hydrogens (tertiary/aromatic N) is 1. The van der Waals surface area contributed by atoms with Gasteiger partial charge in [0, 0.05) is 33.5 Å². The molecule has 11 aromatic rings. The number of hydrogen-bond donors (Lipinski definition) is 0. The van der Waals surface area contributed by atoms with E-state index < -0.39 is 0 Å². The number of benzene rings is 10. The second-order valence-corrected chi connectivity index (χ2v) is 15.6. The number of hydrogen-bond acceptors (Lipinski definition) is 1. The van der Waals surface area contributed by atoms with Gasteiger partial charge in [-0.15, -0.1) is 0 Å². The van der Waals surface area contributed by atoms with Gasteiger partial charge >= 0.3 is 0 Å². The summed E-state index contributed by atoms with van der Waals surface area (Å²) in [5.74, 6) is 1.77. The van der Waals surface area contributed by atoms with Crippen molar-refractivity contribution in [2.24, 2.45) is 0 Å². The zero-order chi connectivity index (χ0) is 38.9. The first-order valence-corrected chi connectivity index (χ1v) is 20.4. The van der Waals surface area contributed by atoms with Crippen molar-refractivity contribution < 1.29 is 4.74 Å². The van der Waals surface area contributed by atoms with E-state index in [-0.39, 0.29) is 5.92 Å². The summed E-state index contributed by atoms with van der Waals surface area (Å²) in [6.45, 7) is 0. The van der Waals surface area contributed by atoms with E-state index >= 15 is 0 Å². The van der Waals surface area contributed by atoms with Gasteiger partial charge in [-0.1, -0.05) is 164 Å². The number of para-hydroxylation sites is 2. The second kappa shape index (κ2) is 13.5. The zero-order valence-corrected chi connectivity index (χ0v) is 32.2. The average Bonchev–Trinajstić information content (AvgIpc) is 3.65. The second-order valence-electron chi connectivity index (χ2n) is 15.6. The Bertz CT molecular complexity index is 3250. The molecule has 59 heavy (non-hydrogen) atoms. The number of ether oxygens (including phenoxy) is 1. The Kier molecular flexibility index (Phi) is 7.64. The Hall–Kier alpha value is -7.68. The molecule has 2 heteroatoms. The maximum absolute atomic E-state index is 6.88. The maximum Gasteiger partial charge on any atom is 0.132 e. The van der Waals surface area contributed by atoms with E-state index in [0.717, 1.165) is 11.5 Å². The van der Waals surface area contributed by atoms with Crippen molar-refractivity contribution in [2.75, 3.05) is 0 Å². The molecule has 0 fully saturated rings. The predicted molar refractivity (Wildman–Crippen MR) is 246 cm³/mol. The van der Waals surface area contributed by atoms with E-state index in [9.17, 15) is 0 Å². The lowest BCUT2D eigenvalue weighted by Crippen LogP contribution is -2.13. The fourth-order valence-corrected chi connectivity index (χ4v) is 9.53. The largest absolute Gasteiger partial charge is 0.457 e. The molecule has 0 aliphatic carbocycles. The highest BCUT2D eigenvalue weighted by Gasteiger charge is 2.32. The average molecular weight is 752 g/mol. The van der Waals surface area contributed by atoms with Crippen LogP contribution in [0.2, 0.25) is 0 Å². The molecule has 0 saturated heterocycles. The van der Waals surface area contributed by atoms with Gasteiger partial charge in [0.05, 0.1) is 11.0 Å². The lowest BCUT2D eigenvalue weighted by Gasteiger charge is -2.31. The highest BCUT2D eigenvalue weighted by molar-refractivity contribution is 6.10. The van der Waals surface area contributed by atoms with Crippen molar-refractivity contribution in [1.29, 1.82) is 0 Å². The maximum atomic E-state index is 6.88. The Balaban J connectivity index is 1.02. The topological polar surface area (TPSA) is 14.2 Å². The van der Waals surface area contributed by atoms with E-state index in [0.29, 0.717) is 0 Å². The molecule has 0 amide bonds. The van der Waals surface area contributed by atoms with Crippen molar-refractivity contribution in [3.8, 4) is 50.6 Å². The highest BCUT2D eigenvalue weighted by atomic mass is 16.5. The lowest BCUT2D eigenvalue weighted by molar-refractivity contribution is 0.456. The van der Waals surface area contributed by atoms with Gasteiger partial charge in [-0.2, -0.15) is 0 Å². The minimum atomic E-state index is -0.0494. The van der Waals surface area contributed by atoms with Crippen molar-refractivity contribution >= 4 is 43.4 Å². The fourth-order valence-electron chi connectivity index (χ4n) is 9.53. The van der Waals surface area contributed by atoms with Crippen molar-refractivity contribution in [3.05, 3.63) is 235 Å². The molecule has 1 aromatic heterocycles. The first-order chi connectivity index (χ1) is 29.2. The normalized spacial score (nSPS) is 12.5. The third-order valence-corrected chi connectivity index (χ3v) is 12.3. The van der Waals surface area contributed by atoms with Gasteiger partial charge in [0.15, 0.2) is 0 Å². The lowest BCUT2D eigenvalue weighted by atomic mass is 9.78. The third kappa shape index (κ3) is 5.49. The summed E-state index contributed by atoms with van der Waals surface area (Å²) in [4.78, 5) is 0. The van der Waals surface area contributed by atoms with Gasteiger partial charge in [-0.25, -0.2) is 0 Å². The minimum absolute atomic E-state index is 0.0494. The summed E-state index contributed by atoms with van der Waals surface area (Å²) >= 11 is 0. The van der Waals surface area contributed by atoms with Crippen LogP contribution in [0.1, 0.15) is 22.6 Å². The Morgan fingerprint density at radius 2 is 0.797 bits per heavy atom. The van der Waals surface area contributed by atoms with E-state index in [1.807, 2.05) is 0 Å². The van der Waals surface area contributed by atoms with Crippen LogP contribution >= 0.6 is 0 Å². The molecule has 10 aromatic carbocycles. The van der Waals surface area contributed by atoms with Gasteiger partial charge in [0.1, 0.15) is 11.5 Å². The van der Waals surface area contributed by atoms with E-state index in [1.54, 1.807) is 0 Å². The first kappa shape index (κ1) is 33.5. The van der Waals surface area contributed by atoms with Crippen LogP contribution in [0.4, 0.5) is 0 Å². The Morgan fingerprint density at radius 1 is 0.322 bits per heavy atom. The van der Waals surface area contributed by atoms with E-state index in [2.05, 4.69) is 223 Å². The smallest absolute Gasteiger partial charge is 0.132 e. The van der Waals surface area contributed by atoms with Crippen molar-refractivity contribution in [1.82, 2.24) is 4.57 Å². The minimum Gasteiger partial charge on any atom is -0.457 e. The standard InChI is InChI=1S/C57H37NO/c1-4-12-37(13-5-1)41-24-29-47-44(34-41)27-32-53-56(47)55(57-48-30-25-42(38-14-6-2-7-15-38)35-45(48)28-33-54(57)59-53)40-22-20-39(21-23-40)43-26-31-52-50(36-43)49-18-10-11-19-51(49)58(52)46-16-8-3-9-17-46/h1-36,55H. The summed E-state index contributed by atoms with van der Waals surface area (Å²) in [6.07, 6.45) is 0. The van der Waals surface area contributed by atoms with Crippen molar-refractivity contribution in [3.63, 3.8) is 0 Å². The first-order valence-electron chi connectivity index (χ1n) is 20.4. The van der Waals surface area contributed by atoms with Crippen LogP contribution in [0.15, 0.2) is 218 Å². The molecule has 0 N–H and O–H groups in total. The predicted octanol–water partition coefficient (Wildman–Crippen LogP) is 15.4. The Morgan fingerprint density at radius 3 is 1.41 bits per heavy atom. The number of fused-ring (bicyclic) bond motifs is 9. The summed E-state index contributed by atoms with van der Waals surface area (Å²) < 4.78 is 9.25. The van der Waals surface area contributed by atoms with Crippen LogP contribution in [0, 0.1) is 0 Å². The molecular weight excluding hydrogens is 715 g/mol. The van der Waals surface area contributed by atoms with Gasteiger partial charge < -0.3 is 9.30 Å². The highest BCUT2D eigenvalue weighted by Crippen LogP contribution is 2.53. The monoisotopic (exact) mass is 751 g/mol. The molecule has 0 radical (unpaired) electrons. The third-order valence-electron chi connectivity index (χ3n) is 12.3. The molecule has 0 atom stereocenters. The van der Waals surface area contributed by atoms with Crippen molar-refractivity contribution in [2.45, 2.75) is 5.92 Å². The van der Waals surface area contributed by atoms with E-state index in [1.165, 1.54) is 99.1 Å². The molecule has 0 saturated carbocycles. The Labute approximate surface area is 342 Å². The quantitative estimate of drug-likeness (QED) is 0.171. The van der Waals surface area contributed by atoms with Crippen LogP contribution in [0.3, 0.4) is 0 Å². The summed E-state index contributed by atoms with van der Waals surface area (Å²) in [7, 11) is 0. The molecule has 1 aliphatic heterocycles. The van der Waals surface area contributed by atoms with Gasteiger partial charge in [-0.3, -0.25) is 0 Å². The molecule has 276 valence electrons. The summed E-state index contributed by atoms with van der Waals surface area (Å²) in [6, 6.07) is 79.4. The molecule has 12 rings (SSSR count). The summed E-state index contributed by atoms with van der Waals surface area (Å²) in [5, 5.41) is 7.33. The number of aromatic nitrogens is 1. The molecule has 1 aliphatic rings. The van der Waals surface area contributed by atoms with Crippen LogP contribution < -0.4 is 4.74 Å². The number of rotatable bonds is 5. The van der Waals surface area contributed by atoms with Gasteiger partial charge in [0.2, 0.25) is 0 Å². The molecule has 0 bridgehead atoms. The van der Waals surface area contributed by atoms with Crippen LogP contribution in [-0.4, -0.2) is 4.57 Å². The molecule has 2 nitrogen and oxygen atoms in total. The van der Waals surface area contributed by atoms with Crippen LogP contribution in [-0.2, 0) is 0 Å². The molecule has 0 unspecified atom stereocenters. The van der Waals surface area contributed by atoms with Crippen LogP contribution in [0.25, 0.3) is 82.4 Å². The van der Waals surface area contributed by atoms with Gasteiger partial charge in [0.25, 0.3) is 0 Å². The molecular formula is C57H37NO. The SMILES string of the molecule is c1ccc(-c2ccc3c4c(ccc3c2)Oc2ccc3cc(-c5ccccc5)ccc3c2C4c2ccc(-c3ccc4c(c3)c3ccccc3n4-c3ccccc3)cc2)cc1. The van der Waals surface area contributed by atoms with Crippen LogP contribution in [0.5, 0.6) is 11.5 Å². The summed E-state index contributed by atoms with van der Waals surface area (Å²) in [5.41, 5.74) is 14.5. The zero-order valence-electron chi connectivity index (χ0n) is 32.2.